The fourth-order valence-electron chi connectivity index (χ4n) is 3.65. The molecule has 2 N–H and O–H groups in total. The van der Waals surface area contributed by atoms with Crippen LogP contribution in [-0.4, -0.2) is 12.6 Å². The summed E-state index contributed by atoms with van der Waals surface area (Å²) in [6.07, 6.45) is 5.69. The lowest BCUT2D eigenvalue weighted by atomic mass is 9.72. The van der Waals surface area contributed by atoms with Crippen molar-refractivity contribution in [2.75, 3.05) is 6.61 Å². The molecule has 24 heavy (non-hydrogen) atoms. The lowest BCUT2D eigenvalue weighted by Crippen LogP contribution is -2.26. The number of hydrogen-bond donors (Lipinski definition) is 1. The Bertz CT molecular complexity index is 537. The van der Waals surface area contributed by atoms with Gasteiger partial charge in [0.2, 0.25) is 0 Å². The lowest BCUT2D eigenvalue weighted by molar-refractivity contribution is 0.282. The van der Waals surface area contributed by atoms with Crippen molar-refractivity contribution in [1.29, 1.82) is 0 Å². The van der Waals surface area contributed by atoms with Gasteiger partial charge in [0.25, 0.3) is 0 Å². The highest BCUT2D eigenvalue weighted by atomic mass is 16.5. The zero-order valence-corrected chi connectivity index (χ0v) is 16.6. The van der Waals surface area contributed by atoms with Crippen molar-refractivity contribution < 1.29 is 4.74 Å². The minimum atomic E-state index is 0.151. The molecule has 1 aliphatic carbocycles. The SMILES string of the molecule is CCC(N)Cc1cc(C(C)(C)CC(C)(C)C)ccc1OCC1CC1. The highest BCUT2D eigenvalue weighted by Crippen LogP contribution is 2.38. The van der Waals surface area contributed by atoms with Gasteiger partial charge in [0.05, 0.1) is 6.61 Å². The summed E-state index contributed by atoms with van der Waals surface area (Å²) in [5, 5.41) is 0. The summed E-state index contributed by atoms with van der Waals surface area (Å²) in [5.74, 6) is 1.82. The molecule has 0 aliphatic heterocycles. The van der Waals surface area contributed by atoms with Gasteiger partial charge in [-0.1, -0.05) is 53.7 Å². The summed E-state index contributed by atoms with van der Waals surface area (Å²) >= 11 is 0. The van der Waals surface area contributed by atoms with Crippen LogP contribution in [0.5, 0.6) is 5.75 Å². The summed E-state index contributed by atoms with van der Waals surface area (Å²) < 4.78 is 6.12. The zero-order valence-electron chi connectivity index (χ0n) is 16.6. The molecule has 1 fully saturated rings. The van der Waals surface area contributed by atoms with Crippen molar-refractivity contribution in [3.63, 3.8) is 0 Å². The largest absolute Gasteiger partial charge is 0.493 e. The Labute approximate surface area is 149 Å². The van der Waals surface area contributed by atoms with Crippen LogP contribution < -0.4 is 10.5 Å². The molecule has 1 aliphatic rings. The van der Waals surface area contributed by atoms with Gasteiger partial charge in [-0.3, -0.25) is 0 Å². The van der Waals surface area contributed by atoms with Gasteiger partial charge in [0, 0.05) is 6.04 Å². The molecular formula is C22H37NO. The number of hydrogen-bond acceptors (Lipinski definition) is 2. The molecule has 0 aromatic heterocycles. The van der Waals surface area contributed by atoms with Crippen LogP contribution in [0.3, 0.4) is 0 Å². The van der Waals surface area contributed by atoms with E-state index in [2.05, 4.69) is 59.7 Å². The van der Waals surface area contributed by atoms with Crippen molar-refractivity contribution in [2.45, 2.75) is 85.1 Å². The molecular weight excluding hydrogens is 294 g/mol. The van der Waals surface area contributed by atoms with E-state index in [9.17, 15) is 0 Å². The van der Waals surface area contributed by atoms with Crippen molar-refractivity contribution in [3.05, 3.63) is 29.3 Å². The van der Waals surface area contributed by atoms with Crippen LogP contribution in [0.4, 0.5) is 0 Å². The molecule has 1 atom stereocenters. The molecule has 2 rings (SSSR count). The monoisotopic (exact) mass is 331 g/mol. The van der Waals surface area contributed by atoms with E-state index in [-0.39, 0.29) is 11.5 Å². The first kappa shape index (κ1) is 19.3. The predicted octanol–water partition coefficient (Wildman–Crippen LogP) is 5.47. The smallest absolute Gasteiger partial charge is 0.122 e. The van der Waals surface area contributed by atoms with Crippen LogP contribution >= 0.6 is 0 Å². The minimum Gasteiger partial charge on any atom is -0.493 e. The summed E-state index contributed by atoms with van der Waals surface area (Å²) in [7, 11) is 0. The summed E-state index contributed by atoms with van der Waals surface area (Å²) in [6.45, 7) is 14.7. The molecule has 2 heteroatoms. The third-order valence-electron chi connectivity index (χ3n) is 4.99. The molecule has 0 amide bonds. The average molecular weight is 332 g/mol. The fourth-order valence-corrected chi connectivity index (χ4v) is 3.65. The topological polar surface area (TPSA) is 35.2 Å². The maximum atomic E-state index is 6.25. The van der Waals surface area contributed by atoms with Crippen LogP contribution in [0.1, 0.15) is 78.4 Å². The number of nitrogens with two attached hydrogens (primary N) is 1. The van der Waals surface area contributed by atoms with E-state index in [0.717, 1.165) is 37.5 Å². The van der Waals surface area contributed by atoms with E-state index in [1.54, 1.807) is 0 Å². The van der Waals surface area contributed by atoms with Gasteiger partial charge in [-0.05, 0) is 66.0 Å². The maximum absolute atomic E-state index is 6.25. The fraction of sp³-hybridized carbons (Fsp3) is 0.727. The summed E-state index contributed by atoms with van der Waals surface area (Å²) in [4.78, 5) is 0. The summed E-state index contributed by atoms with van der Waals surface area (Å²) in [5.41, 5.74) is 9.39. The van der Waals surface area contributed by atoms with Crippen molar-refractivity contribution in [3.8, 4) is 5.75 Å². The lowest BCUT2D eigenvalue weighted by Gasteiger charge is -2.33. The van der Waals surface area contributed by atoms with E-state index < -0.39 is 0 Å². The van der Waals surface area contributed by atoms with Crippen LogP contribution in [0.15, 0.2) is 18.2 Å². The Morgan fingerprint density at radius 3 is 2.38 bits per heavy atom. The molecule has 0 radical (unpaired) electrons. The number of rotatable bonds is 8. The van der Waals surface area contributed by atoms with E-state index in [1.807, 2.05) is 0 Å². The Hall–Kier alpha value is -1.02. The second kappa shape index (κ2) is 7.47. The first-order chi connectivity index (χ1) is 11.1. The molecule has 136 valence electrons. The normalized spacial score (nSPS) is 17.0. The van der Waals surface area contributed by atoms with Crippen LogP contribution in [0, 0.1) is 11.3 Å². The minimum absolute atomic E-state index is 0.151. The number of ether oxygens (including phenoxy) is 1. The molecule has 2 nitrogen and oxygen atoms in total. The third-order valence-corrected chi connectivity index (χ3v) is 4.99. The second-order valence-electron chi connectivity index (χ2n) is 9.57. The van der Waals surface area contributed by atoms with Gasteiger partial charge in [0.1, 0.15) is 5.75 Å². The van der Waals surface area contributed by atoms with Crippen LogP contribution in [0.2, 0.25) is 0 Å². The number of benzene rings is 1. The first-order valence-electron chi connectivity index (χ1n) is 9.62. The first-order valence-corrected chi connectivity index (χ1v) is 9.62. The Morgan fingerprint density at radius 2 is 1.83 bits per heavy atom. The molecule has 1 unspecified atom stereocenters. The van der Waals surface area contributed by atoms with E-state index in [4.69, 9.17) is 10.5 Å². The van der Waals surface area contributed by atoms with Crippen molar-refractivity contribution in [2.24, 2.45) is 17.1 Å². The quantitative estimate of drug-likeness (QED) is 0.685. The summed E-state index contributed by atoms with van der Waals surface area (Å²) in [6, 6.07) is 6.99. The van der Waals surface area contributed by atoms with Gasteiger partial charge in [0.15, 0.2) is 0 Å². The van der Waals surface area contributed by atoms with Crippen molar-refractivity contribution >= 4 is 0 Å². The molecule has 0 spiro atoms. The zero-order chi connectivity index (χ0) is 18.0. The van der Waals surface area contributed by atoms with Crippen LogP contribution in [0.25, 0.3) is 0 Å². The van der Waals surface area contributed by atoms with Gasteiger partial charge in [-0.25, -0.2) is 0 Å². The maximum Gasteiger partial charge on any atom is 0.122 e. The van der Waals surface area contributed by atoms with Gasteiger partial charge < -0.3 is 10.5 Å². The van der Waals surface area contributed by atoms with E-state index >= 15 is 0 Å². The molecule has 0 heterocycles. The standard InChI is InChI=1S/C22H37NO/c1-7-19(23)13-17-12-18(22(5,6)15-21(2,3)4)10-11-20(17)24-14-16-8-9-16/h10-12,16,19H,7-9,13-15,23H2,1-6H3. The molecule has 1 aromatic rings. The Balaban J connectivity index is 2.23. The van der Waals surface area contributed by atoms with E-state index in [0.29, 0.717) is 5.41 Å². The Kier molecular flexibility index (Phi) is 6.01. The van der Waals surface area contributed by atoms with Gasteiger partial charge in [-0.2, -0.15) is 0 Å². The highest BCUT2D eigenvalue weighted by Gasteiger charge is 2.28. The molecule has 0 saturated heterocycles. The molecule has 0 bridgehead atoms. The molecule has 1 saturated carbocycles. The third kappa shape index (κ3) is 5.81. The second-order valence-corrected chi connectivity index (χ2v) is 9.57. The van der Waals surface area contributed by atoms with Crippen LogP contribution in [-0.2, 0) is 11.8 Å². The van der Waals surface area contributed by atoms with E-state index in [1.165, 1.54) is 24.0 Å². The Morgan fingerprint density at radius 1 is 1.17 bits per heavy atom. The van der Waals surface area contributed by atoms with Gasteiger partial charge >= 0.3 is 0 Å². The average Bonchev–Trinajstić information content (AvgIpc) is 3.27. The predicted molar refractivity (Wildman–Crippen MR) is 104 cm³/mol. The highest BCUT2D eigenvalue weighted by molar-refractivity contribution is 5.40. The molecule has 1 aromatic carbocycles. The van der Waals surface area contributed by atoms with Crippen molar-refractivity contribution in [1.82, 2.24) is 0 Å². The van der Waals surface area contributed by atoms with Gasteiger partial charge in [-0.15, -0.1) is 0 Å².